The number of carboxylic acid groups (broad SMARTS) is 1. The summed E-state index contributed by atoms with van der Waals surface area (Å²) >= 11 is 0. The van der Waals surface area contributed by atoms with E-state index in [1.165, 1.54) is 19.1 Å². The average molecular weight is 419 g/mol. The number of benzene rings is 1. The fourth-order valence-electron chi connectivity index (χ4n) is 3.45. The molecule has 3 N–H and O–H groups in total. The van der Waals surface area contributed by atoms with Gasteiger partial charge in [-0.25, -0.2) is 9.18 Å². The highest BCUT2D eigenvalue weighted by atomic mass is 19.1. The number of hydrogen-bond donors (Lipinski definition) is 3. The second kappa shape index (κ2) is 12.2. The zero-order chi connectivity index (χ0) is 21.9. The van der Waals surface area contributed by atoms with Gasteiger partial charge < -0.3 is 20.5 Å². The lowest BCUT2D eigenvalue weighted by Gasteiger charge is -2.37. The molecule has 0 heterocycles. The zero-order valence-corrected chi connectivity index (χ0v) is 17.6. The Hall–Kier alpha value is -2.51. The van der Waals surface area contributed by atoms with Gasteiger partial charge in [0.25, 0.3) is 0 Å². The van der Waals surface area contributed by atoms with Gasteiger partial charge in [0.1, 0.15) is 5.82 Å². The average Bonchev–Trinajstić information content (AvgIpc) is 2.71. The Labute approximate surface area is 177 Å². The van der Waals surface area contributed by atoms with Crippen LogP contribution >= 0.6 is 0 Å². The molecule has 1 amide bonds. The van der Waals surface area contributed by atoms with Crippen LogP contribution in [0.1, 0.15) is 45.1 Å². The summed E-state index contributed by atoms with van der Waals surface area (Å²) in [5.41, 5.74) is 1.14. The molecule has 0 saturated carbocycles. The molecular formula is C23H31FN2O4. The van der Waals surface area contributed by atoms with E-state index in [9.17, 15) is 19.1 Å². The summed E-state index contributed by atoms with van der Waals surface area (Å²) in [7, 11) is 0. The number of ether oxygens (including phenoxy) is 1. The predicted octanol–water partition coefficient (Wildman–Crippen LogP) is 3.29. The number of carboxylic acids is 1. The van der Waals surface area contributed by atoms with Crippen molar-refractivity contribution < 1.29 is 23.8 Å². The number of carbonyl (C=O) groups excluding carboxylic acids is 1. The molecule has 30 heavy (non-hydrogen) atoms. The number of rotatable bonds is 11. The van der Waals surface area contributed by atoms with E-state index in [4.69, 9.17) is 4.74 Å². The number of unbranched alkanes of at least 4 members (excludes halogenated alkanes) is 2. The molecule has 6 nitrogen and oxygen atoms in total. The fraction of sp³-hybridized carbons (Fsp3) is 0.478. The van der Waals surface area contributed by atoms with E-state index in [-0.39, 0.29) is 35.8 Å². The number of amides is 1. The molecule has 0 unspecified atom stereocenters. The zero-order valence-electron chi connectivity index (χ0n) is 17.6. The van der Waals surface area contributed by atoms with E-state index in [1.807, 2.05) is 12.2 Å². The van der Waals surface area contributed by atoms with Crippen molar-refractivity contribution >= 4 is 18.0 Å². The maximum Gasteiger partial charge on any atom is 0.331 e. The molecule has 0 fully saturated rings. The first-order chi connectivity index (χ1) is 14.4. The summed E-state index contributed by atoms with van der Waals surface area (Å²) in [5.74, 6) is -1.46. The molecule has 0 aliphatic heterocycles. The van der Waals surface area contributed by atoms with Crippen molar-refractivity contribution in [3.63, 3.8) is 0 Å². The number of halogens is 1. The van der Waals surface area contributed by atoms with Crippen LogP contribution in [0.2, 0.25) is 0 Å². The van der Waals surface area contributed by atoms with Gasteiger partial charge in [0.05, 0.1) is 12.1 Å². The van der Waals surface area contributed by atoms with Crippen molar-refractivity contribution in [2.75, 3.05) is 13.2 Å². The first-order valence-corrected chi connectivity index (χ1v) is 10.4. The minimum absolute atomic E-state index is 0.192. The summed E-state index contributed by atoms with van der Waals surface area (Å²) in [6, 6.07) is 5.48. The summed E-state index contributed by atoms with van der Waals surface area (Å²) < 4.78 is 18.9. The molecule has 0 radical (unpaired) electrons. The summed E-state index contributed by atoms with van der Waals surface area (Å²) in [6.07, 6.45) is 8.09. The third kappa shape index (κ3) is 7.72. The lowest BCUT2D eigenvalue weighted by Crippen LogP contribution is -2.58. The van der Waals surface area contributed by atoms with Gasteiger partial charge in [0.15, 0.2) is 0 Å². The first-order valence-electron chi connectivity index (χ1n) is 10.4. The van der Waals surface area contributed by atoms with Crippen LogP contribution in [0.15, 0.2) is 42.0 Å². The maximum atomic E-state index is 13.0. The SMILES string of the molecule is CCCCCO[C@@H]1C=C(C(=O)O)C[C@H](NC/C=C/c2ccc(F)cc2)[C@H]1NC(C)=O. The normalized spacial score (nSPS) is 21.4. The predicted molar refractivity (Wildman–Crippen MR) is 114 cm³/mol. The van der Waals surface area contributed by atoms with Gasteiger partial charge in [0, 0.05) is 31.7 Å². The van der Waals surface area contributed by atoms with Crippen molar-refractivity contribution in [2.24, 2.45) is 0 Å². The smallest absolute Gasteiger partial charge is 0.331 e. The van der Waals surface area contributed by atoms with Crippen molar-refractivity contribution in [2.45, 2.75) is 57.7 Å². The third-order valence-corrected chi connectivity index (χ3v) is 4.97. The Kier molecular flexibility index (Phi) is 9.70. The summed E-state index contributed by atoms with van der Waals surface area (Å²) in [4.78, 5) is 23.4. The topological polar surface area (TPSA) is 87.7 Å². The monoisotopic (exact) mass is 418 g/mol. The van der Waals surface area contributed by atoms with Crippen LogP contribution in [0.25, 0.3) is 6.08 Å². The second-order valence-electron chi connectivity index (χ2n) is 7.44. The van der Waals surface area contributed by atoms with E-state index in [0.29, 0.717) is 13.2 Å². The van der Waals surface area contributed by atoms with E-state index in [0.717, 1.165) is 24.8 Å². The minimum atomic E-state index is -0.980. The summed E-state index contributed by atoms with van der Waals surface area (Å²) in [6.45, 7) is 4.52. The molecule has 2 rings (SSSR count). The molecule has 1 aromatic rings. The maximum absolute atomic E-state index is 13.0. The van der Waals surface area contributed by atoms with Crippen molar-refractivity contribution in [1.82, 2.24) is 10.6 Å². The van der Waals surface area contributed by atoms with Crippen LogP contribution in [0.3, 0.4) is 0 Å². The standard InChI is InChI=1S/C23H31FN2O4/c1-3-4-5-13-30-21-15-18(23(28)29)14-20(22(21)26-16(2)27)25-12-6-7-17-8-10-19(24)11-9-17/h6-11,15,20-22,25H,3-5,12-14H2,1-2H3,(H,26,27)(H,28,29)/b7-6+/t20-,21+,22+/m0/s1. The van der Waals surface area contributed by atoms with E-state index in [1.54, 1.807) is 18.2 Å². The van der Waals surface area contributed by atoms with Crippen LogP contribution in [0.4, 0.5) is 4.39 Å². The Morgan fingerprint density at radius 3 is 2.63 bits per heavy atom. The van der Waals surface area contributed by atoms with Crippen molar-refractivity contribution in [3.8, 4) is 0 Å². The Morgan fingerprint density at radius 1 is 1.27 bits per heavy atom. The molecular weight excluding hydrogens is 387 g/mol. The highest BCUT2D eigenvalue weighted by molar-refractivity contribution is 5.87. The third-order valence-electron chi connectivity index (χ3n) is 4.97. The van der Waals surface area contributed by atoms with Crippen LogP contribution in [-0.4, -0.2) is 48.3 Å². The molecule has 0 saturated heterocycles. The van der Waals surface area contributed by atoms with Crippen molar-refractivity contribution in [1.29, 1.82) is 0 Å². The Morgan fingerprint density at radius 2 is 2.00 bits per heavy atom. The second-order valence-corrected chi connectivity index (χ2v) is 7.44. The van der Waals surface area contributed by atoms with E-state index >= 15 is 0 Å². The van der Waals surface area contributed by atoms with Crippen molar-refractivity contribution in [3.05, 3.63) is 53.4 Å². The molecule has 0 aromatic heterocycles. The van der Waals surface area contributed by atoms with E-state index < -0.39 is 12.1 Å². The number of nitrogens with one attached hydrogen (secondary N) is 2. The molecule has 7 heteroatoms. The van der Waals surface area contributed by atoms with Crippen LogP contribution < -0.4 is 10.6 Å². The number of carbonyl (C=O) groups is 2. The van der Waals surface area contributed by atoms with Gasteiger partial charge in [-0.2, -0.15) is 0 Å². The quantitative estimate of drug-likeness (QED) is 0.480. The molecule has 3 atom stereocenters. The fourth-order valence-corrected chi connectivity index (χ4v) is 3.45. The number of aliphatic carboxylic acids is 1. The molecule has 0 spiro atoms. The molecule has 1 aliphatic carbocycles. The van der Waals surface area contributed by atoms with Gasteiger partial charge in [-0.15, -0.1) is 0 Å². The number of hydrogen-bond acceptors (Lipinski definition) is 4. The minimum Gasteiger partial charge on any atom is -0.478 e. The molecule has 1 aromatic carbocycles. The van der Waals surface area contributed by atoms with E-state index in [2.05, 4.69) is 17.6 Å². The van der Waals surface area contributed by atoms with Gasteiger partial charge in [-0.3, -0.25) is 4.79 Å². The lowest BCUT2D eigenvalue weighted by atomic mass is 9.87. The molecule has 164 valence electrons. The van der Waals surface area contributed by atoms with Gasteiger partial charge in [0.2, 0.25) is 5.91 Å². The Bertz CT molecular complexity index is 761. The van der Waals surface area contributed by atoms with Gasteiger partial charge in [-0.05, 0) is 36.6 Å². The highest BCUT2D eigenvalue weighted by Gasteiger charge is 2.36. The van der Waals surface area contributed by atoms with Crippen LogP contribution in [0.5, 0.6) is 0 Å². The van der Waals surface area contributed by atoms with Crippen LogP contribution in [-0.2, 0) is 14.3 Å². The molecule has 1 aliphatic rings. The molecule has 0 bridgehead atoms. The lowest BCUT2D eigenvalue weighted by molar-refractivity contribution is -0.133. The van der Waals surface area contributed by atoms with Gasteiger partial charge in [-0.1, -0.05) is 44.1 Å². The highest BCUT2D eigenvalue weighted by Crippen LogP contribution is 2.23. The van der Waals surface area contributed by atoms with Crippen LogP contribution in [0, 0.1) is 5.82 Å². The van der Waals surface area contributed by atoms with Gasteiger partial charge >= 0.3 is 5.97 Å². The largest absolute Gasteiger partial charge is 0.478 e. The summed E-state index contributed by atoms with van der Waals surface area (Å²) in [5, 5.41) is 15.7. The Balaban J connectivity index is 2.07. The first kappa shape index (κ1) is 23.8.